The van der Waals surface area contributed by atoms with Gasteiger partial charge < -0.3 is 24.2 Å². The quantitative estimate of drug-likeness (QED) is 0.0293. The van der Waals surface area contributed by atoms with Gasteiger partial charge in [-0.3, -0.25) is 4.79 Å². The first-order valence-electron chi connectivity index (χ1n) is 28.0. The number of hydrogen-bond acceptors (Lipinski definition) is 6. The van der Waals surface area contributed by atoms with Crippen molar-refractivity contribution >= 4 is 5.97 Å². The molecule has 3 saturated carbocycles. The van der Waals surface area contributed by atoms with Crippen molar-refractivity contribution in [2.75, 3.05) is 39.5 Å². The Morgan fingerprint density at radius 1 is 0.698 bits per heavy atom. The van der Waals surface area contributed by atoms with Crippen molar-refractivity contribution in [3.8, 4) is 0 Å². The van der Waals surface area contributed by atoms with E-state index in [1.807, 2.05) is 0 Å². The Labute approximate surface area is 391 Å². The van der Waals surface area contributed by atoms with E-state index in [2.05, 4.69) is 59.4 Å². The summed E-state index contributed by atoms with van der Waals surface area (Å²) in [6.07, 6.45) is 40.1. The van der Waals surface area contributed by atoms with Crippen molar-refractivity contribution in [3.05, 3.63) is 11.6 Å². The fourth-order valence-electron chi connectivity index (χ4n) is 13.4. The maximum Gasteiger partial charge on any atom is 0.306 e. The zero-order chi connectivity index (χ0) is 45.3. The highest BCUT2D eigenvalue weighted by atomic mass is 16.7. The van der Waals surface area contributed by atoms with Crippen LogP contribution in [0.2, 0.25) is 0 Å². The number of rotatable bonds is 36. The average molecular weight is 884 g/mol. The van der Waals surface area contributed by atoms with E-state index < -0.39 is 0 Å². The fourth-order valence-corrected chi connectivity index (χ4v) is 13.4. The van der Waals surface area contributed by atoms with Gasteiger partial charge in [0.05, 0.1) is 0 Å². The van der Waals surface area contributed by atoms with Gasteiger partial charge in [-0.05, 0) is 169 Å². The Balaban J connectivity index is 1.06. The van der Waals surface area contributed by atoms with Crippen LogP contribution in [-0.2, 0) is 19.0 Å². The molecule has 0 saturated heterocycles. The summed E-state index contributed by atoms with van der Waals surface area (Å²) in [5.41, 5.74) is 2.46. The largest absolute Gasteiger partial charge is 0.462 e. The second kappa shape index (κ2) is 30.4. The molecule has 0 aromatic heterocycles. The maximum atomic E-state index is 13.1. The number of hydrogen-bond donors (Lipinski definition) is 1. The Kier molecular flexibility index (Phi) is 26.4. The highest BCUT2D eigenvalue weighted by molar-refractivity contribution is 5.69. The van der Waals surface area contributed by atoms with Crippen LogP contribution in [0.25, 0.3) is 0 Å². The number of fused-ring (bicyclic) bond motifs is 5. The van der Waals surface area contributed by atoms with Gasteiger partial charge in [-0.15, -0.1) is 0 Å². The highest BCUT2D eigenvalue weighted by Crippen LogP contribution is 2.67. The molecule has 3 fully saturated rings. The van der Waals surface area contributed by atoms with Gasteiger partial charge in [-0.2, -0.15) is 0 Å². The average Bonchev–Trinajstić information content (AvgIpc) is 3.62. The molecule has 0 aliphatic heterocycles. The fraction of sp³-hybridized carbons (Fsp3) is 0.947. The lowest BCUT2D eigenvalue weighted by atomic mass is 9.47. The number of allylic oxidation sites excluding steroid dienone is 1. The van der Waals surface area contributed by atoms with Gasteiger partial charge in [0, 0.05) is 32.7 Å². The zero-order valence-corrected chi connectivity index (χ0v) is 42.9. The molecule has 0 heterocycles. The molecule has 6 nitrogen and oxygen atoms in total. The summed E-state index contributed by atoms with van der Waals surface area (Å²) in [5.74, 6) is 5.18. The van der Waals surface area contributed by atoms with E-state index in [0.717, 1.165) is 133 Å². The number of aliphatic hydroxyl groups is 1. The molecule has 4 aliphatic carbocycles. The van der Waals surface area contributed by atoms with Crippen LogP contribution in [0.15, 0.2) is 11.6 Å². The Morgan fingerprint density at radius 3 is 1.95 bits per heavy atom. The molecule has 0 aromatic rings. The third-order valence-electron chi connectivity index (χ3n) is 17.3. The third kappa shape index (κ3) is 18.2. The van der Waals surface area contributed by atoms with E-state index >= 15 is 0 Å². The molecule has 4 aliphatic rings. The molecule has 4 rings (SSSR count). The van der Waals surface area contributed by atoms with E-state index in [0.29, 0.717) is 17.3 Å². The number of carbonyl (C=O) groups is 1. The van der Waals surface area contributed by atoms with Gasteiger partial charge in [0.1, 0.15) is 6.10 Å². The van der Waals surface area contributed by atoms with Gasteiger partial charge in [-0.25, -0.2) is 0 Å². The Bertz CT molecular complexity index is 1230. The van der Waals surface area contributed by atoms with Crippen LogP contribution in [0.3, 0.4) is 0 Å². The molecule has 0 bridgehead atoms. The van der Waals surface area contributed by atoms with Crippen molar-refractivity contribution < 1.29 is 24.1 Å². The summed E-state index contributed by atoms with van der Waals surface area (Å²) >= 11 is 0. The van der Waals surface area contributed by atoms with Crippen LogP contribution in [0.4, 0.5) is 0 Å². The molecular formula is C57H105NO5. The molecule has 8 atom stereocenters. The molecule has 0 spiro atoms. The summed E-state index contributed by atoms with van der Waals surface area (Å²) < 4.78 is 18.2. The van der Waals surface area contributed by atoms with Gasteiger partial charge in [0.15, 0.2) is 6.29 Å². The summed E-state index contributed by atoms with van der Waals surface area (Å²) in [4.78, 5) is 15.8. The van der Waals surface area contributed by atoms with Gasteiger partial charge in [0.2, 0.25) is 0 Å². The topological polar surface area (TPSA) is 68.2 Å². The molecule has 0 amide bonds. The van der Waals surface area contributed by atoms with Crippen LogP contribution >= 0.6 is 0 Å². The van der Waals surface area contributed by atoms with Crippen molar-refractivity contribution in [3.63, 3.8) is 0 Å². The number of esters is 1. The van der Waals surface area contributed by atoms with E-state index in [1.54, 1.807) is 5.57 Å². The number of unbranched alkanes of at least 4 members (excludes halogenated alkanes) is 13. The minimum absolute atomic E-state index is 0.00523. The first kappa shape index (κ1) is 54.7. The van der Waals surface area contributed by atoms with Gasteiger partial charge >= 0.3 is 5.97 Å². The number of carbonyl (C=O) groups excluding carboxylic acids is 1. The molecule has 368 valence electrons. The van der Waals surface area contributed by atoms with Gasteiger partial charge in [-0.1, -0.05) is 144 Å². The Hall–Kier alpha value is -0.950. The normalized spacial score (nSPS) is 27.4. The van der Waals surface area contributed by atoms with Gasteiger partial charge in [0.25, 0.3) is 0 Å². The molecule has 0 aromatic carbocycles. The van der Waals surface area contributed by atoms with Crippen LogP contribution in [0.1, 0.15) is 248 Å². The van der Waals surface area contributed by atoms with E-state index in [1.165, 1.54) is 128 Å². The second-order valence-corrected chi connectivity index (χ2v) is 22.6. The molecule has 6 heteroatoms. The molecule has 8 unspecified atom stereocenters. The second-order valence-electron chi connectivity index (χ2n) is 22.6. The minimum Gasteiger partial charge on any atom is -0.462 e. The number of ether oxygens (including phenoxy) is 3. The van der Waals surface area contributed by atoms with Crippen molar-refractivity contribution in [2.45, 2.75) is 260 Å². The lowest BCUT2D eigenvalue weighted by Crippen LogP contribution is -2.51. The predicted molar refractivity (Wildman–Crippen MR) is 266 cm³/mol. The maximum absolute atomic E-state index is 13.1. The lowest BCUT2D eigenvalue weighted by molar-refractivity contribution is -0.151. The van der Waals surface area contributed by atoms with Crippen LogP contribution < -0.4 is 0 Å². The SMILES string of the molecule is CCCCOC(CCCCCCCCCCCN(CCCCO)CCCCCC(=O)OC1CCC2(C)C(=CCC3C2CCC2(C)C(C(C)CCCC(C)C)CCC32)C1)OCCCC. The van der Waals surface area contributed by atoms with E-state index in [4.69, 9.17) is 14.2 Å². The standard InChI is InChI=1S/C57H105NO5/c1-8-10-43-61-55(62-44-11-9-2)30-21-17-15-13-12-14-16-18-22-39-58(41-24-25-42-59)40-23-19-20-29-54(60)63-49-35-37-56(6)48(45-49)31-32-50-52-34-33-51(47(5)28-26-27-46(3)4)57(52,7)38-36-53(50)56/h31,46-47,49-53,55,59H,8-30,32-45H2,1-7H3. The van der Waals surface area contributed by atoms with Crippen LogP contribution in [0.5, 0.6) is 0 Å². The summed E-state index contributed by atoms with van der Waals surface area (Å²) in [6.45, 7) is 22.3. The van der Waals surface area contributed by atoms with Crippen molar-refractivity contribution in [1.29, 1.82) is 0 Å². The Morgan fingerprint density at radius 2 is 1.32 bits per heavy atom. The predicted octanol–water partition coefficient (Wildman–Crippen LogP) is 15.4. The smallest absolute Gasteiger partial charge is 0.306 e. The van der Waals surface area contributed by atoms with Crippen molar-refractivity contribution in [1.82, 2.24) is 4.90 Å². The summed E-state index contributed by atoms with van der Waals surface area (Å²) in [6, 6.07) is 0. The van der Waals surface area contributed by atoms with Crippen molar-refractivity contribution in [2.24, 2.45) is 46.3 Å². The summed E-state index contributed by atoms with van der Waals surface area (Å²) in [5, 5.41) is 9.39. The molecule has 0 radical (unpaired) electrons. The minimum atomic E-state index is -0.00523. The highest BCUT2D eigenvalue weighted by Gasteiger charge is 2.59. The first-order valence-corrected chi connectivity index (χ1v) is 28.0. The first-order chi connectivity index (χ1) is 30.5. The number of nitrogens with zero attached hydrogens (tertiary/aromatic N) is 1. The van der Waals surface area contributed by atoms with Crippen LogP contribution in [0, 0.1) is 46.3 Å². The monoisotopic (exact) mass is 884 g/mol. The summed E-state index contributed by atoms with van der Waals surface area (Å²) in [7, 11) is 0. The van der Waals surface area contributed by atoms with E-state index in [9.17, 15) is 9.90 Å². The molecule has 1 N–H and O–H groups in total. The zero-order valence-electron chi connectivity index (χ0n) is 42.9. The number of aliphatic hydroxyl groups excluding tert-OH is 1. The van der Waals surface area contributed by atoms with E-state index in [-0.39, 0.29) is 25.0 Å². The molecule has 63 heavy (non-hydrogen) atoms. The third-order valence-corrected chi connectivity index (χ3v) is 17.3. The molecular weight excluding hydrogens is 779 g/mol. The van der Waals surface area contributed by atoms with Crippen LogP contribution in [-0.4, -0.2) is 67.8 Å². The lowest BCUT2D eigenvalue weighted by Gasteiger charge is -2.58.